The Morgan fingerprint density at radius 2 is 1.88 bits per heavy atom. The highest BCUT2D eigenvalue weighted by molar-refractivity contribution is 6.30. The number of nitrogens with zero attached hydrogens (tertiary/aromatic N) is 5. The van der Waals surface area contributed by atoms with E-state index in [9.17, 15) is 4.79 Å². The first-order chi connectivity index (χ1) is 11.6. The Morgan fingerprint density at radius 1 is 1.17 bits per heavy atom. The van der Waals surface area contributed by atoms with E-state index in [2.05, 4.69) is 30.1 Å². The zero-order valence-electron chi connectivity index (χ0n) is 13.4. The van der Waals surface area contributed by atoms with Gasteiger partial charge in [-0.1, -0.05) is 11.6 Å². The molecule has 1 fully saturated rings. The Kier molecular flexibility index (Phi) is 5.22. The minimum atomic E-state index is -0.235. The number of halogens is 1. The SMILES string of the molecule is CC(C(=O)Nc1ccc(Cl)cn1)N1CCN(c2ncccn2)CC1. The molecule has 0 radical (unpaired) electrons. The molecule has 3 rings (SSSR count). The lowest BCUT2D eigenvalue weighted by atomic mass is 10.2. The minimum Gasteiger partial charge on any atom is -0.338 e. The van der Waals surface area contributed by atoms with Crippen molar-refractivity contribution in [3.63, 3.8) is 0 Å². The fourth-order valence-corrected chi connectivity index (χ4v) is 2.72. The van der Waals surface area contributed by atoms with Crippen molar-refractivity contribution in [3.8, 4) is 0 Å². The van der Waals surface area contributed by atoms with Crippen molar-refractivity contribution < 1.29 is 4.79 Å². The molecule has 24 heavy (non-hydrogen) atoms. The molecule has 7 nitrogen and oxygen atoms in total. The van der Waals surface area contributed by atoms with E-state index in [-0.39, 0.29) is 11.9 Å². The summed E-state index contributed by atoms with van der Waals surface area (Å²) in [6.07, 6.45) is 4.99. The number of anilines is 2. The molecule has 1 aliphatic heterocycles. The lowest BCUT2D eigenvalue weighted by Gasteiger charge is -2.37. The van der Waals surface area contributed by atoms with Crippen LogP contribution in [0.2, 0.25) is 5.02 Å². The fraction of sp³-hybridized carbons (Fsp3) is 0.375. The number of amides is 1. The molecule has 126 valence electrons. The zero-order valence-corrected chi connectivity index (χ0v) is 14.1. The molecule has 3 heterocycles. The summed E-state index contributed by atoms with van der Waals surface area (Å²) in [4.78, 5) is 29.3. The number of carbonyl (C=O) groups is 1. The highest BCUT2D eigenvalue weighted by Gasteiger charge is 2.26. The molecule has 1 saturated heterocycles. The van der Waals surface area contributed by atoms with Crippen LogP contribution in [0.25, 0.3) is 0 Å². The van der Waals surface area contributed by atoms with Crippen LogP contribution in [0.5, 0.6) is 0 Å². The summed E-state index contributed by atoms with van der Waals surface area (Å²) < 4.78 is 0. The average molecular weight is 347 g/mol. The second kappa shape index (κ2) is 7.55. The van der Waals surface area contributed by atoms with Crippen LogP contribution in [0.1, 0.15) is 6.92 Å². The molecule has 0 bridgehead atoms. The van der Waals surface area contributed by atoms with Gasteiger partial charge in [0.25, 0.3) is 0 Å². The second-order valence-electron chi connectivity index (χ2n) is 5.60. The van der Waals surface area contributed by atoms with Crippen LogP contribution in [-0.4, -0.2) is 58.0 Å². The van der Waals surface area contributed by atoms with Gasteiger partial charge in [-0.05, 0) is 25.1 Å². The highest BCUT2D eigenvalue weighted by Crippen LogP contribution is 2.14. The number of aromatic nitrogens is 3. The van der Waals surface area contributed by atoms with E-state index in [1.165, 1.54) is 6.20 Å². The average Bonchev–Trinajstić information content (AvgIpc) is 2.64. The smallest absolute Gasteiger partial charge is 0.242 e. The standard InChI is InChI=1S/C16H19ClN6O/c1-12(15(24)21-14-4-3-13(17)11-20-14)22-7-9-23(10-8-22)16-18-5-2-6-19-16/h2-6,11-12H,7-10H2,1H3,(H,20,21,24). The van der Waals surface area contributed by atoms with E-state index in [1.54, 1.807) is 30.6 Å². The van der Waals surface area contributed by atoms with E-state index in [1.807, 2.05) is 6.92 Å². The van der Waals surface area contributed by atoms with Crippen LogP contribution in [0.15, 0.2) is 36.8 Å². The number of rotatable bonds is 4. The van der Waals surface area contributed by atoms with Crippen molar-refractivity contribution in [2.75, 3.05) is 36.4 Å². The van der Waals surface area contributed by atoms with Gasteiger partial charge in [0.15, 0.2) is 0 Å². The van der Waals surface area contributed by atoms with Crippen LogP contribution in [-0.2, 0) is 4.79 Å². The quantitative estimate of drug-likeness (QED) is 0.907. The summed E-state index contributed by atoms with van der Waals surface area (Å²) in [6, 6.07) is 4.96. The summed E-state index contributed by atoms with van der Waals surface area (Å²) in [6.45, 7) is 5.05. The van der Waals surface area contributed by atoms with Crippen LogP contribution in [0.3, 0.4) is 0 Å². The van der Waals surface area contributed by atoms with Crippen molar-refractivity contribution in [2.24, 2.45) is 0 Å². The summed E-state index contributed by atoms with van der Waals surface area (Å²) in [7, 11) is 0. The first-order valence-corrected chi connectivity index (χ1v) is 8.20. The second-order valence-corrected chi connectivity index (χ2v) is 6.04. The molecule has 1 atom stereocenters. The third-order valence-corrected chi connectivity index (χ3v) is 4.28. The molecule has 1 amide bonds. The lowest BCUT2D eigenvalue weighted by molar-refractivity contribution is -0.120. The summed E-state index contributed by atoms with van der Waals surface area (Å²) in [5.74, 6) is 1.17. The molecule has 1 N–H and O–H groups in total. The first-order valence-electron chi connectivity index (χ1n) is 7.82. The van der Waals surface area contributed by atoms with Gasteiger partial charge in [0.1, 0.15) is 5.82 Å². The van der Waals surface area contributed by atoms with E-state index in [4.69, 9.17) is 11.6 Å². The monoisotopic (exact) mass is 346 g/mol. The molecule has 0 saturated carbocycles. The normalized spacial score (nSPS) is 16.7. The van der Waals surface area contributed by atoms with Gasteiger partial charge in [-0.25, -0.2) is 15.0 Å². The Labute approximate surface area is 145 Å². The van der Waals surface area contributed by atoms with Crippen LogP contribution < -0.4 is 10.2 Å². The van der Waals surface area contributed by atoms with E-state index in [0.29, 0.717) is 10.8 Å². The van der Waals surface area contributed by atoms with Gasteiger partial charge < -0.3 is 10.2 Å². The Bertz CT molecular complexity index is 673. The van der Waals surface area contributed by atoms with E-state index in [0.717, 1.165) is 32.1 Å². The lowest BCUT2D eigenvalue weighted by Crippen LogP contribution is -2.53. The molecule has 8 heteroatoms. The van der Waals surface area contributed by atoms with Gasteiger partial charge in [0.05, 0.1) is 11.1 Å². The first kappa shape index (κ1) is 16.6. The number of hydrogen-bond acceptors (Lipinski definition) is 6. The summed E-state index contributed by atoms with van der Waals surface area (Å²) in [5, 5.41) is 3.36. The number of carbonyl (C=O) groups excluding carboxylic acids is 1. The van der Waals surface area contributed by atoms with Gasteiger partial charge in [-0.2, -0.15) is 0 Å². The van der Waals surface area contributed by atoms with Gasteiger partial charge >= 0.3 is 0 Å². The number of nitrogens with one attached hydrogen (secondary N) is 1. The maximum atomic E-state index is 12.4. The summed E-state index contributed by atoms with van der Waals surface area (Å²) in [5.41, 5.74) is 0. The van der Waals surface area contributed by atoms with Crippen molar-refractivity contribution in [1.82, 2.24) is 19.9 Å². The van der Waals surface area contributed by atoms with Crippen LogP contribution in [0, 0.1) is 0 Å². The molecular weight excluding hydrogens is 328 g/mol. The number of hydrogen-bond donors (Lipinski definition) is 1. The fourth-order valence-electron chi connectivity index (χ4n) is 2.61. The van der Waals surface area contributed by atoms with Crippen LogP contribution in [0.4, 0.5) is 11.8 Å². The molecule has 0 aromatic carbocycles. The highest BCUT2D eigenvalue weighted by atomic mass is 35.5. The molecule has 1 aliphatic rings. The largest absolute Gasteiger partial charge is 0.338 e. The Morgan fingerprint density at radius 3 is 2.50 bits per heavy atom. The van der Waals surface area contributed by atoms with Gasteiger partial charge in [0, 0.05) is 44.8 Å². The van der Waals surface area contributed by atoms with Crippen LogP contribution >= 0.6 is 11.6 Å². The Hall–Kier alpha value is -2.25. The molecule has 0 spiro atoms. The molecule has 2 aromatic rings. The molecule has 0 aliphatic carbocycles. The van der Waals surface area contributed by atoms with E-state index < -0.39 is 0 Å². The molecule has 1 unspecified atom stereocenters. The van der Waals surface area contributed by atoms with Gasteiger partial charge in [-0.3, -0.25) is 9.69 Å². The minimum absolute atomic E-state index is 0.0748. The molecule has 2 aromatic heterocycles. The van der Waals surface area contributed by atoms with Crippen molar-refractivity contribution in [3.05, 3.63) is 41.8 Å². The van der Waals surface area contributed by atoms with Crippen molar-refractivity contribution in [1.29, 1.82) is 0 Å². The summed E-state index contributed by atoms with van der Waals surface area (Å²) >= 11 is 5.80. The van der Waals surface area contributed by atoms with E-state index >= 15 is 0 Å². The zero-order chi connectivity index (χ0) is 16.9. The van der Waals surface area contributed by atoms with Crippen molar-refractivity contribution in [2.45, 2.75) is 13.0 Å². The maximum absolute atomic E-state index is 12.4. The van der Waals surface area contributed by atoms with Gasteiger partial charge in [-0.15, -0.1) is 0 Å². The topological polar surface area (TPSA) is 74.2 Å². The predicted molar refractivity (Wildman–Crippen MR) is 93.2 cm³/mol. The molecular formula is C16H19ClN6O. The third kappa shape index (κ3) is 3.98. The maximum Gasteiger partial charge on any atom is 0.242 e. The third-order valence-electron chi connectivity index (χ3n) is 4.06. The number of pyridine rings is 1. The Balaban J connectivity index is 1.53. The number of piperazine rings is 1. The van der Waals surface area contributed by atoms with Crippen molar-refractivity contribution >= 4 is 29.3 Å². The van der Waals surface area contributed by atoms with Gasteiger partial charge in [0.2, 0.25) is 11.9 Å². The predicted octanol–water partition coefficient (Wildman–Crippen LogP) is 1.67.